The predicted molar refractivity (Wildman–Crippen MR) is 82.2 cm³/mol. The highest BCUT2D eigenvalue weighted by Gasteiger charge is 2.16. The van der Waals surface area contributed by atoms with Gasteiger partial charge < -0.3 is 10.2 Å². The maximum atomic E-state index is 12.0. The van der Waals surface area contributed by atoms with Gasteiger partial charge in [-0.3, -0.25) is 4.79 Å². The number of amides is 1. The second-order valence-electron chi connectivity index (χ2n) is 4.59. The number of nitrogens with one attached hydrogen (secondary N) is 1. The summed E-state index contributed by atoms with van der Waals surface area (Å²) in [5.41, 5.74) is 0. The molecule has 1 unspecified atom stereocenters. The first kappa shape index (κ1) is 17.8. The van der Waals surface area contributed by atoms with Gasteiger partial charge in [0.15, 0.2) is 0 Å². The fraction of sp³-hybridized carbons (Fsp3) is 0.929. The van der Waals surface area contributed by atoms with Crippen molar-refractivity contribution in [3.8, 4) is 0 Å². The monoisotopic (exact) mass is 274 g/mol. The number of carbonyl (C=O) groups is 1. The van der Waals surface area contributed by atoms with Crippen LogP contribution in [0.25, 0.3) is 0 Å². The minimum absolute atomic E-state index is 0.0453. The van der Waals surface area contributed by atoms with Gasteiger partial charge in [-0.05, 0) is 52.2 Å². The zero-order valence-corrected chi connectivity index (χ0v) is 13.3. The van der Waals surface area contributed by atoms with E-state index in [0.717, 1.165) is 19.6 Å². The van der Waals surface area contributed by atoms with Gasteiger partial charge in [0.25, 0.3) is 0 Å². The van der Waals surface area contributed by atoms with Crippen LogP contribution in [0.4, 0.5) is 0 Å². The Morgan fingerprint density at radius 3 is 2.33 bits per heavy atom. The third kappa shape index (κ3) is 7.98. The Bertz CT molecular complexity index is 208. The Hall–Kier alpha value is -0.220. The number of hydrogen-bond acceptors (Lipinski definition) is 3. The maximum absolute atomic E-state index is 12.0. The molecule has 1 amide bonds. The highest BCUT2D eigenvalue weighted by Crippen LogP contribution is 2.04. The van der Waals surface area contributed by atoms with E-state index in [9.17, 15) is 4.79 Å². The lowest BCUT2D eigenvalue weighted by Crippen LogP contribution is -2.45. The average Bonchev–Trinajstić information content (AvgIpc) is 2.38. The molecule has 0 aromatic heterocycles. The van der Waals surface area contributed by atoms with Gasteiger partial charge in [-0.25, -0.2) is 0 Å². The van der Waals surface area contributed by atoms with Crippen LogP contribution in [-0.4, -0.2) is 48.5 Å². The summed E-state index contributed by atoms with van der Waals surface area (Å²) in [6.45, 7) is 8.58. The standard InChI is InChI=1S/C14H30N2OS/c1-5-16(6-2)14(17)13(3)15-11-9-7-8-10-12-18-4/h13,15H,5-12H2,1-4H3. The number of nitrogens with zero attached hydrogens (tertiary/aromatic N) is 1. The van der Waals surface area contributed by atoms with Crippen molar-refractivity contribution in [1.29, 1.82) is 0 Å². The van der Waals surface area contributed by atoms with Crippen LogP contribution in [0.3, 0.4) is 0 Å². The van der Waals surface area contributed by atoms with E-state index in [-0.39, 0.29) is 11.9 Å². The van der Waals surface area contributed by atoms with E-state index in [2.05, 4.69) is 11.6 Å². The molecule has 18 heavy (non-hydrogen) atoms. The summed E-state index contributed by atoms with van der Waals surface area (Å²) in [6, 6.07) is -0.0453. The molecule has 0 aliphatic carbocycles. The Balaban J connectivity index is 3.57. The molecule has 4 heteroatoms. The van der Waals surface area contributed by atoms with Crippen molar-refractivity contribution in [3.05, 3.63) is 0 Å². The molecule has 1 N–H and O–H groups in total. The third-order valence-electron chi connectivity index (χ3n) is 3.17. The summed E-state index contributed by atoms with van der Waals surface area (Å²) in [5.74, 6) is 1.49. The van der Waals surface area contributed by atoms with E-state index >= 15 is 0 Å². The number of thioether (sulfide) groups is 1. The van der Waals surface area contributed by atoms with Gasteiger partial charge in [0.2, 0.25) is 5.91 Å². The van der Waals surface area contributed by atoms with Crippen molar-refractivity contribution >= 4 is 17.7 Å². The lowest BCUT2D eigenvalue weighted by Gasteiger charge is -2.23. The normalized spacial score (nSPS) is 12.4. The molecule has 0 fully saturated rings. The highest BCUT2D eigenvalue weighted by molar-refractivity contribution is 7.98. The molecule has 0 bridgehead atoms. The number of unbranched alkanes of at least 4 members (excludes halogenated alkanes) is 3. The molecule has 1 atom stereocenters. The zero-order chi connectivity index (χ0) is 13.8. The molecule has 0 saturated carbocycles. The molecular formula is C14H30N2OS. The largest absolute Gasteiger partial charge is 0.342 e. The van der Waals surface area contributed by atoms with Gasteiger partial charge in [-0.15, -0.1) is 0 Å². The molecule has 0 radical (unpaired) electrons. The van der Waals surface area contributed by atoms with E-state index in [4.69, 9.17) is 0 Å². The second kappa shape index (κ2) is 11.8. The molecular weight excluding hydrogens is 244 g/mol. The summed E-state index contributed by atoms with van der Waals surface area (Å²) < 4.78 is 0. The zero-order valence-electron chi connectivity index (χ0n) is 12.5. The molecule has 0 aliphatic rings. The van der Waals surface area contributed by atoms with Gasteiger partial charge in [-0.1, -0.05) is 12.8 Å². The smallest absolute Gasteiger partial charge is 0.239 e. The van der Waals surface area contributed by atoms with Crippen LogP contribution in [0.15, 0.2) is 0 Å². The lowest BCUT2D eigenvalue weighted by molar-refractivity contribution is -0.132. The Labute approximate surface area is 117 Å². The van der Waals surface area contributed by atoms with Crippen LogP contribution < -0.4 is 5.32 Å². The second-order valence-corrected chi connectivity index (χ2v) is 5.58. The first-order valence-electron chi connectivity index (χ1n) is 7.18. The molecule has 0 aliphatic heterocycles. The summed E-state index contributed by atoms with van der Waals surface area (Å²) in [5, 5.41) is 3.33. The SMILES string of the molecule is CCN(CC)C(=O)C(C)NCCCCCCSC. The van der Waals surface area contributed by atoms with Crippen LogP contribution in [0.1, 0.15) is 46.5 Å². The van der Waals surface area contributed by atoms with Crippen molar-refractivity contribution in [1.82, 2.24) is 10.2 Å². The van der Waals surface area contributed by atoms with E-state index in [0.29, 0.717) is 0 Å². The van der Waals surface area contributed by atoms with E-state index in [1.54, 1.807) is 0 Å². The molecule has 0 spiro atoms. The van der Waals surface area contributed by atoms with Crippen LogP contribution in [0, 0.1) is 0 Å². The number of rotatable bonds is 11. The molecule has 108 valence electrons. The van der Waals surface area contributed by atoms with Gasteiger partial charge in [-0.2, -0.15) is 11.8 Å². The van der Waals surface area contributed by atoms with E-state index < -0.39 is 0 Å². The Kier molecular flexibility index (Phi) is 11.7. The molecule has 0 heterocycles. The quantitative estimate of drug-likeness (QED) is 0.588. The van der Waals surface area contributed by atoms with Crippen molar-refractivity contribution in [2.24, 2.45) is 0 Å². The van der Waals surface area contributed by atoms with Crippen molar-refractivity contribution in [3.63, 3.8) is 0 Å². The minimum Gasteiger partial charge on any atom is -0.342 e. The molecule has 3 nitrogen and oxygen atoms in total. The van der Waals surface area contributed by atoms with Crippen molar-refractivity contribution < 1.29 is 4.79 Å². The third-order valence-corrected chi connectivity index (χ3v) is 3.87. The maximum Gasteiger partial charge on any atom is 0.239 e. The van der Waals surface area contributed by atoms with Crippen molar-refractivity contribution in [2.75, 3.05) is 31.6 Å². The highest BCUT2D eigenvalue weighted by atomic mass is 32.2. The first-order chi connectivity index (χ1) is 8.67. The van der Waals surface area contributed by atoms with Crippen LogP contribution >= 0.6 is 11.8 Å². The van der Waals surface area contributed by atoms with Crippen LogP contribution in [-0.2, 0) is 4.79 Å². The first-order valence-corrected chi connectivity index (χ1v) is 8.57. The predicted octanol–water partition coefficient (Wildman–Crippen LogP) is 2.76. The van der Waals surface area contributed by atoms with Gasteiger partial charge in [0, 0.05) is 13.1 Å². The molecule has 0 rings (SSSR count). The van der Waals surface area contributed by atoms with Gasteiger partial charge in [0.05, 0.1) is 6.04 Å². The van der Waals surface area contributed by atoms with Gasteiger partial charge >= 0.3 is 0 Å². The Morgan fingerprint density at radius 2 is 1.78 bits per heavy atom. The topological polar surface area (TPSA) is 32.3 Å². The fourth-order valence-corrected chi connectivity index (χ4v) is 2.43. The van der Waals surface area contributed by atoms with Crippen LogP contribution in [0.5, 0.6) is 0 Å². The molecule has 0 aromatic rings. The Morgan fingerprint density at radius 1 is 1.17 bits per heavy atom. The average molecular weight is 274 g/mol. The minimum atomic E-state index is -0.0453. The summed E-state index contributed by atoms with van der Waals surface area (Å²) >= 11 is 1.92. The number of carbonyl (C=O) groups excluding carboxylic acids is 1. The lowest BCUT2D eigenvalue weighted by atomic mass is 10.2. The fourth-order valence-electron chi connectivity index (χ4n) is 1.94. The summed E-state index contributed by atoms with van der Waals surface area (Å²) in [7, 11) is 0. The van der Waals surface area contributed by atoms with E-state index in [1.807, 2.05) is 37.4 Å². The molecule has 0 saturated heterocycles. The number of likely N-dealkylation sites (N-methyl/N-ethyl adjacent to an activating group) is 1. The van der Waals surface area contributed by atoms with Crippen molar-refractivity contribution in [2.45, 2.75) is 52.5 Å². The van der Waals surface area contributed by atoms with E-state index in [1.165, 1.54) is 31.4 Å². The summed E-state index contributed by atoms with van der Waals surface area (Å²) in [6.07, 6.45) is 7.21. The van der Waals surface area contributed by atoms with Gasteiger partial charge in [0.1, 0.15) is 0 Å². The molecule has 0 aromatic carbocycles. The summed E-state index contributed by atoms with van der Waals surface area (Å²) in [4.78, 5) is 13.9. The number of hydrogen-bond donors (Lipinski definition) is 1. The van der Waals surface area contributed by atoms with Crippen LogP contribution in [0.2, 0.25) is 0 Å².